The first-order valence-corrected chi connectivity index (χ1v) is 14.5. The van der Waals surface area contributed by atoms with Gasteiger partial charge in [-0.3, -0.25) is 19.5 Å². The fourth-order valence-corrected chi connectivity index (χ4v) is 5.87. The van der Waals surface area contributed by atoms with Gasteiger partial charge in [0.05, 0.1) is 36.3 Å². The number of benzene rings is 1. The summed E-state index contributed by atoms with van der Waals surface area (Å²) in [5.74, 6) is 1.87. The van der Waals surface area contributed by atoms with E-state index in [1.807, 2.05) is 49.3 Å². The van der Waals surface area contributed by atoms with Gasteiger partial charge in [-0.15, -0.1) is 0 Å². The average molecular weight is 566 g/mol. The Morgan fingerprint density at radius 2 is 1.95 bits per heavy atom. The number of hydrogen-bond donors (Lipinski definition) is 1. The second-order valence-corrected chi connectivity index (χ2v) is 10.8. The van der Waals surface area contributed by atoms with Crippen LogP contribution in [0.5, 0.6) is 5.75 Å². The van der Waals surface area contributed by atoms with Gasteiger partial charge >= 0.3 is 6.09 Å². The third-order valence-electron chi connectivity index (χ3n) is 7.92. The van der Waals surface area contributed by atoms with Crippen molar-refractivity contribution in [3.63, 3.8) is 0 Å². The quantitative estimate of drug-likeness (QED) is 0.305. The molecule has 1 aromatic carbocycles. The summed E-state index contributed by atoms with van der Waals surface area (Å²) in [7, 11) is 3.24. The summed E-state index contributed by atoms with van der Waals surface area (Å²) in [5.41, 5.74) is 4.06. The number of nitrogens with zero attached hydrogens (tertiary/aromatic N) is 4. The molecular weight excluding hydrogens is 522 g/mol. The molecule has 0 unspecified atom stereocenters. The predicted octanol–water partition coefficient (Wildman–Crippen LogP) is 5.97. The Balaban J connectivity index is 1.59. The maximum absolute atomic E-state index is 12.4. The lowest BCUT2D eigenvalue weighted by Crippen LogP contribution is -2.42. The molecule has 10 heteroatoms. The zero-order valence-corrected chi connectivity index (χ0v) is 25.1. The number of fused-ring (bicyclic) bond motifs is 1. The van der Waals surface area contributed by atoms with E-state index in [0.717, 1.165) is 66.8 Å². The first-order chi connectivity index (χ1) is 19.8. The Kier molecular flexibility index (Phi) is 10.2. The Hall–Kier alpha value is -3.66. The topological polar surface area (TPSA) is 107 Å². The van der Waals surface area contributed by atoms with E-state index in [1.165, 1.54) is 0 Å². The van der Waals surface area contributed by atoms with Crippen molar-refractivity contribution in [2.24, 2.45) is 0 Å². The van der Waals surface area contributed by atoms with Crippen molar-refractivity contribution in [3.05, 3.63) is 42.1 Å². The van der Waals surface area contributed by atoms with Gasteiger partial charge in [0.2, 0.25) is 5.91 Å². The Labute approximate surface area is 242 Å². The summed E-state index contributed by atoms with van der Waals surface area (Å²) in [4.78, 5) is 36.4. The van der Waals surface area contributed by atoms with Crippen LogP contribution in [0, 0.1) is 6.92 Å². The second kappa shape index (κ2) is 13.8. The van der Waals surface area contributed by atoms with E-state index in [9.17, 15) is 9.59 Å². The molecule has 10 nitrogen and oxygen atoms in total. The maximum Gasteiger partial charge on any atom is 0.412 e. The minimum atomic E-state index is -0.507. The fraction of sp³-hybridized carbons (Fsp3) is 0.548. The molecule has 1 fully saturated rings. The first kappa shape index (κ1) is 30.3. The molecule has 1 saturated carbocycles. The van der Waals surface area contributed by atoms with Crippen molar-refractivity contribution < 1.29 is 23.8 Å². The van der Waals surface area contributed by atoms with Crippen LogP contribution in [0.2, 0.25) is 0 Å². The lowest BCUT2D eigenvalue weighted by Gasteiger charge is -2.36. The zero-order valence-electron chi connectivity index (χ0n) is 25.1. The monoisotopic (exact) mass is 565 g/mol. The van der Waals surface area contributed by atoms with E-state index >= 15 is 0 Å². The van der Waals surface area contributed by atoms with E-state index in [4.69, 9.17) is 19.2 Å². The number of rotatable bonds is 11. The summed E-state index contributed by atoms with van der Waals surface area (Å²) in [5, 5.41) is 2.81. The number of anilines is 1. The van der Waals surface area contributed by atoms with Crippen LogP contribution >= 0.6 is 0 Å². The molecule has 1 N–H and O–H groups in total. The van der Waals surface area contributed by atoms with Crippen molar-refractivity contribution >= 4 is 23.2 Å². The summed E-state index contributed by atoms with van der Waals surface area (Å²) in [6.07, 6.45) is 8.57. The van der Waals surface area contributed by atoms with Crippen LogP contribution in [-0.4, -0.2) is 70.8 Å². The molecule has 41 heavy (non-hydrogen) atoms. The van der Waals surface area contributed by atoms with Crippen LogP contribution in [0.1, 0.15) is 76.7 Å². The third-order valence-corrected chi connectivity index (χ3v) is 7.92. The van der Waals surface area contributed by atoms with Crippen molar-refractivity contribution in [2.45, 2.75) is 84.3 Å². The lowest BCUT2D eigenvalue weighted by atomic mass is 9.84. The molecule has 2 heterocycles. The van der Waals surface area contributed by atoms with E-state index in [1.54, 1.807) is 21.1 Å². The fourth-order valence-electron chi connectivity index (χ4n) is 5.87. The van der Waals surface area contributed by atoms with Gasteiger partial charge in [0.15, 0.2) is 0 Å². The molecule has 1 aliphatic rings. The number of carbonyl (C=O) groups excluding carboxylic acids is 2. The molecule has 0 radical (unpaired) electrons. The molecule has 2 aromatic heterocycles. The summed E-state index contributed by atoms with van der Waals surface area (Å²) < 4.78 is 18.5. The minimum absolute atomic E-state index is 0.0939. The lowest BCUT2D eigenvalue weighted by molar-refractivity contribution is -0.132. The van der Waals surface area contributed by atoms with E-state index in [0.29, 0.717) is 24.6 Å². The normalized spacial score (nSPS) is 17.7. The van der Waals surface area contributed by atoms with Crippen molar-refractivity contribution in [2.75, 3.05) is 32.7 Å². The van der Waals surface area contributed by atoms with E-state index in [-0.39, 0.29) is 24.0 Å². The highest BCUT2D eigenvalue weighted by Gasteiger charge is 2.31. The molecule has 222 valence electrons. The Morgan fingerprint density at radius 1 is 1.20 bits per heavy atom. The van der Waals surface area contributed by atoms with Crippen molar-refractivity contribution in [1.82, 2.24) is 19.3 Å². The van der Waals surface area contributed by atoms with Gasteiger partial charge in [0, 0.05) is 50.5 Å². The summed E-state index contributed by atoms with van der Waals surface area (Å²) >= 11 is 0. The van der Waals surface area contributed by atoms with Gasteiger partial charge in [-0.2, -0.15) is 0 Å². The maximum atomic E-state index is 12.4. The predicted molar refractivity (Wildman–Crippen MR) is 158 cm³/mol. The van der Waals surface area contributed by atoms with Gasteiger partial charge < -0.3 is 19.1 Å². The molecular formula is C31H43N5O5. The van der Waals surface area contributed by atoms with Gasteiger partial charge in [-0.25, -0.2) is 9.78 Å². The van der Waals surface area contributed by atoms with Crippen LogP contribution in [0.15, 0.2) is 30.6 Å². The number of imidazole rings is 1. The van der Waals surface area contributed by atoms with Crippen molar-refractivity contribution in [1.29, 1.82) is 0 Å². The van der Waals surface area contributed by atoms with Gasteiger partial charge in [-0.05, 0) is 58.1 Å². The van der Waals surface area contributed by atoms with Crippen LogP contribution in [0.3, 0.4) is 0 Å². The van der Waals surface area contributed by atoms with Crippen LogP contribution in [-0.2, 0) is 14.3 Å². The highest BCUT2D eigenvalue weighted by Crippen LogP contribution is 2.39. The third kappa shape index (κ3) is 6.98. The number of aryl methyl sites for hydroxylation is 1. The Morgan fingerprint density at radius 3 is 2.61 bits per heavy atom. The molecule has 0 spiro atoms. The van der Waals surface area contributed by atoms with Crippen LogP contribution < -0.4 is 10.1 Å². The van der Waals surface area contributed by atoms with E-state index in [2.05, 4.69) is 21.6 Å². The largest absolute Gasteiger partial charge is 0.495 e. The van der Waals surface area contributed by atoms with Gasteiger partial charge in [-0.1, -0.05) is 19.4 Å². The summed E-state index contributed by atoms with van der Waals surface area (Å²) in [6.45, 7) is 8.72. The molecule has 0 saturated heterocycles. The molecule has 1 atom stereocenters. The van der Waals surface area contributed by atoms with Crippen LogP contribution in [0.25, 0.3) is 16.8 Å². The number of nitrogens with one attached hydrogen (secondary N) is 1. The summed E-state index contributed by atoms with van der Waals surface area (Å²) in [6, 6.07) is 5.86. The first-order valence-electron chi connectivity index (χ1n) is 14.5. The second-order valence-electron chi connectivity index (χ2n) is 10.8. The Bertz CT molecular complexity index is 1350. The van der Waals surface area contributed by atoms with Gasteiger partial charge in [0.25, 0.3) is 0 Å². The number of amides is 2. The average Bonchev–Trinajstić information content (AvgIpc) is 3.34. The van der Waals surface area contributed by atoms with Gasteiger partial charge in [0.1, 0.15) is 17.7 Å². The minimum Gasteiger partial charge on any atom is -0.495 e. The number of ether oxygens (including phenoxy) is 3. The molecule has 2 amide bonds. The highest BCUT2D eigenvalue weighted by atomic mass is 16.6. The van der Waals surface area contributed by atoms with E-state index < -0.39 is 6.09 Å². The van der Waals surface area contributed by atoms with Crippen LogP contribution in [0.4, 0.5) is 10.5 Å². The highest BCUT2D eigenvalue weighted by molar-refractivity contribution is 5.89. The molecule has 0 aliphatic heterocycles. The SMILES string of the molecule is CCC[C@H](C)OC(=O)Nc1ccc(-c2nc(C3CCC(N(CCOC)C(C)=O)CC3)n3ccnc(C)c23)cc1OC. The van der Waals surface area contributed by atoms with Crippen molar-refractivity contribution in [3.8, 4) is 17.0 Å². The molecule has 3 aromatic rings. The molecule has 1 aliphatic carbocycles. The standard InChI is InChI=1S/C31H43N5O5/c1-7-8-20(2)41-31(38)33-26-14-11-24(19-27(26)40-6)28-29-21(3)32-15-16-36(29)30(34-28)23-9-12-25(13-10-23)35(22(4)37)17-18-39-5/h11,14-16,19-20,23,25H,7-10,12-13,17-18H2,1-6H3,(H,33,38)/t20-,23?,25?/m0/s1. The number of methoxy groups -OCH3 is 2. The number of carbonyl (C=O) groups is 2. The number of aromatic nitrogens is 3. The zero-order chi connectivity index (χ0) is 29.5. The smallest absolute Gasteiger partial charge is 0.412 e. The number of hydrogen-bond acceptors (Lipinski definition) is 7. The molecule has 0 bridgehead atoms. The molecule has 4 rings (SSSR count).